The number of hydrogen-bond donors (Lipinski definition) is 1. The van der Waals surface area contributed by atoms with Crippen LogP contribution in [-0.4, -0.2) is 37.2 Å². The molecule has 0 saturated heterocycles. The zero-order chi connectivity index (χ0) is 10.8. The molecule has 0 aliphatic rings. The Labute approximate surface area is 90.3 Å². The Morgan fingerprint density at radius 3 is 2.93 bits per heavy atom. The number of thioether (sulfide) groups is 1. The van der Waals surface area contributed by atoms with E-state index in [0.29, 0.717) is 0 Å². The van der Waals surface area contributed by atoms with Crippen LogP contribution < -0.4 is 5.32 Å². The first-order valence-electron chi connectivity index (χ1n) is 4.76. The van der Waals surface area contributed by atoms with Gasteiger partial charge >= 0.3 is 5.97 Å². The van der Waals surface area contributed by atoms with Gasteiger partial charge in [0.1, 0.15) is 6.04 Å². The van der Waals surface area contributed by atoms with Crippen LogP contribution in [0.3, 0.4) is 0 Å². The fraction of sp³-hybridized carbons (Fsp3) is 0.700. The summed E-state index contributed by atoms with van der Waals surface area (Å²) in [5.41, 5.74) is 0. The molecule has 0 aliphatic carbocycles. The topological polar surface area (TPSA) is 38.3 Å². The van der Waals surface area contributed by atoms with Gasteiger partial charge in [0.05, 0.1) is 7.11 Å². The average Bonchev–Trinajstić information content (AvgIpc) is 2.22. The molecular formula is C10H19NO2S. The highest BCUT2D eigenvalue weighted by molar-refractivity contribution is 7.99. The number of ether oxygens (including phenoxy) is 1. The maximum absolute atomic E-state index is 11.2. The molecule has 1 unspecified atom stereocenters. The highest BCUT2D eigenvalue weighted by atomic mass is 32.2. The van der Waals surface area contributed by atoms with Gasteiger partial charge in [0, 0.05) is 18.1 Å². The van der Waals surface area contributed by atoms with E-state index in [1.165, 1.54) is 7.11 Å². The first kappa shape index (κ1) is 13.5. The number of carbonyl (C=O) groups is 1. The summed E-state index contributed by atoms with van der Waals surface area (Å²) >= 11 is 1.79. The van der Waals surface area contributed by atoms with Gasteiger partial charge in [-0.25, -0.2) is 0 Å². The van der Waals surface area contributed by atoms with Gasteiger partial charge in [-0.05, 0) is 6.42 Å². The summed E-state index contributed by atoms with van der Waals surface area (Å²) in [7, 11) is 1.42. The second-order valence-corrected chi connectivity index (χ2v) is 3.95. The summed E-state index contributed by atoms with van der Waals surface area (Å²) in [6.45, 7) is 6.43. The Kier molecular flexibility index (Phi) is 8.78. The molecule has 0 aromatic carbocycles. The van der Waals surface area contributed by atoms with E-state index in [2.05, 4.69) is 16.6 Å². The van der Waals surface area contributed by atoms with E-state index in [4.69, 9.17) is 0 Å². The van der Waals surface area contributed by atoms with Crippen molar-refractivity contribution in [2.45, 2.75) is 19.4 Å². The average molecular weight is 217 g/mol. The highest BCUT2D eigenvalue weighted by Gasteiger charge is 2.14. The van der Waals surface area contributed by atoms with Crippen LogP contribution in [0.25, 0.3) is 0 Å². The van der Waals surface area contributed by atoms with Crippen LogP contribution in [0.4, 0.5) is 0 Å². The second kappa shape index (κ2) is 9.09. The Morgan fingerprint density at radius 1 is 1.71 bits per heavy atom. The van der Waals surface area contributed by atoms with Crippen LogP contribution in [0.1, 0.15) is 13.3 Å². The van der Waals surface area contributed by atoms with Gasteiger partial charge in [-0.3, -0.25) is 4.79 Å². The molecule has 0 amide bonds. The van der Waals surface area contributed by atoms with E-state index in [-0.39, 0.29) is 12.0 Å². The minimum Gasteiger partial charge on any atom is -0.468 e. The zero-order valence-corrected chi connectivity index (χ0v) is 9.73. The van der Waals surface area contributed by atoms with Crippen LogP contribution in [0.5, 0.6) is 0 Å². The first-order chi connectivity index (χ1) is 6.76. The molecule has 1 N–H and O–H groups in total. The number of esters is 1. The van der Waals surface area contributed by atoms with E-state index in [0.717, 1.165) is 24.5 Å². The summed E-state index contributed by atoms with van der Waals surface area (Å²) in [6, 6.07) is -0.163. The molecule has 0 aliphatic heterocycles. The summed E-state index contributed by atoms with van der Waals surface area (Å²) < 4.78 is 4.66. The normalized spacial score (nSPS) is 12.1. The van der Waals surface area contributed by atoms with Crippen molar-refractivity contribution in [1.82, 2.24) is 5.32 Å². The third-order valence-corrected chi connectivity index (χ3v) is 2.73. The van der Waals surface area contributed by atoms with Gasteiger partial charge in [0.15, 0.2) is 0 Å². The molecule has 0 fully saturated rings. The Morgan fingerprint density at radius 2 is 2.43 bits per heavy atom. The quantitative estimate of drug-likeness (QED) is 0.379. The molecule has 1 atom stereocenters. The molecule has 14 heavy (non-hydrogen) atoms. The van der Waals surface area contributed by atoms with Crippen molar-refractivity contribution in [2.24, 2.45) is 0 Å². The Hall–Kier alpha value is -0.480. The fourth-order valence-corrected chi connectivity index (χ4v) is 1.60. The minimum atomic E-state index is -0.179. The molecule has 0 saturated carbocycles. The lowest BCUT2D eigenvalue weighted by Crippen LogP contribution is -2.38. The Balaban J connectivity index is 3.52. The largest absolute Gasteiger partial charge is 0.468 e. The minimum absolute atomic E-state index is 0.163. The SMILES string of the molecule is C=CCSCCNC(CC)C(=O)OC. The summed E-state index contributed by atoms with van der Waals surface area (Å²) in [6.07, 6.45) is 2.64. The highest BCUT2D eigenvalue weighted by Crippen LogP contribution is 1.99. The molecule has 0 radical (unpaired) electrons. The van der Waals surface area contributed by atoms with Crippen molar-refractivity contribution in [3.63, 3.8) is 0 Å². The van der Waals surface area contributed by atoms with Crippen LogP contribution in [0.15, 0.2) is 12.7 Å². The molecule has 0 aromatic heterocycles. The molecule has 0 bridgehead atoms. The lowest BCUT2D eigenvalue weighted by Gasteiger charge is -2.13. The lowest BCUT2D eigenvalue weighted by atomic mass is 10.2. The maximum Gasteiger partial charge on any atom is 0.322 e. The van der Waals surface area contributed by atoms with Crippen molar-refractivity contribution >= 4 is 17.7 Å². The maximum atomic E-state index is 11.2. The van der Waals surface area contributed by atoms with Crippen LogP contribution in [0.2, 0.25) is 0 Å². The van der Waals surface area contributed by atoms with Gasteiger partial charge in [-0.2, -0.15) is 11.8 Å². The summed E-state index contributed by atoms with van der Waals surface area (Å²) in [4.78, 5) is 11.2. The van der Waals surface area contributed by atoms with Crippen molar-refractivity contribution in [3.8, 4) is 0 Å². The first-order valence-corrected chi connectivity index (χ1v) is 5.91. The third-order valence-electron chi connectivity index (χ3n) is 1.77. The lowest BCUT2D eigenvalue weighted by molar-refractivity contribution is -0.143. The molecular weight excluding hydrogens is 198 g/mol. The van der Waals surface area contributed by atoms with Gasteiger partial charge in [0.25, 0.3) is 0 Å². The van der Waals surface area contributed by atoms with Gasteiger partial charge in [0.2, 0.25) is 0 Å². The zero-order valence-electron chi connectivity index (χ0n) is 8.91. The van der Waals surface area contributed by atoms with Gasteiger partial charge < -0.3 is 10.1 Å². The van der Waals surface area contributed by atoms with Crippen LogP contribution in [0, 0.1) is 0 Å². The predicted molar refractivity (Wildman–Crippen MR) is 61.6 cm³/mol. The molecule has 3 nitrogen and oxygen atoms in total. The molecule has 0 heterocycles. The van der Waals surface area contributed by atoms with E-state index >= 15 is 0 Å². The van der Waals surface area contributed by atoms with Crippen LogP contribution in [-0.2, 0) is 9.53 Å². The molecule has 4 heteroatoms. The number of methoxy groups -OCH3 is 1. The van der Waals surface area contributed by atoms with Crippen molar-refractivity contribution < 1.29 is 9.53 Å². The van der Waals surface area contributed by atoms with E-state index < -0.39 is 0 Å². The van der Waals surface area contributed by atoms with Crippen LogP contribution >= 0.6 is 11.8 Å². The van der Waals surface area contributed by atoms with E-state index in [9.17, 15) is 4.79 Å². The second-order valence-electron chi connectivity index (χ2n) is 2.80. The van der Waals surface area contributed by atoms with Gasteiger partial charge in [-0.1, -0.05) is 13.0 Å². The predicted octanol–water partition coefficient (Wildman–Crippen LogP) is 1.45. The van der Waals surface area contributed by atoms with E-state index in [1.807, 2.05) is 13.0 Å². The van der Waals surface area contributed by atoms with Gasteiger partial charge in [-0.15, -0.1) is 6.58 Å². The van der Waals surface area contributed by atoms with Crippen molar-refractivity contribution in [2.75, 3.05) is 25.2 Å². The van der Waals surface area contributed by atoms with E-state index in [1.54, 1.807) is 11.8 Å². The fourth-order valence-electron chi connectivity index (χ4n) is 1.01. The number of hydrogen-bond acceptors (Lipinski definition) is 4. The molecule has 0 aromatic rings. The number of nitrogens with one attached hydrogen (secondary N) is 1. The summed E-state index contributed by atoms with van der Waals surface area (Å²) in [5.74, 6) is 1.76. The smallest absolute Gasteiger partial charge is 0.322 e. The molecule has 0 spiro atoms. The Bertz CT molecular complexity index is 174. The molecule has 0 rings (SSSR count). The number of carbonyl (C=O) groups excluding carboxylic acids is 1. The van der Waals surface area contributed by atoms with Crippen molar-refractivity contribution in [1.29, 1.82) is 0 Å². The number of rotatable bonds is 8. The van der Waals surface area contributed by atoms with Crippen molar-refractivity contribution in [3.05, 3.63) is 12.7 Å². The standard InChI is InChI=1S/C10H19NO2S/c1-4-7-14-8-6-11-9(5-2)10(12)13-3/h4,9,11H,1,5-8H2,2-3H3. The third kappa shape index (κ3) is 6.05. The summed E-state index contributed by atoms with van der Waals surface area (Å²) in [5, 5.41) is 3.15. The monoisotopic (exact) mass is 217 g/mol. The molecule has 82 valence electrons.